The van der Waals surface area contributed by atoms with E-state index in [-0.39, 0.29) is 11.9 Å². The molecule has 0 bridgehead atoms. The number of amides is 1. The van der Waals surface area contributed by atoms with E-state index >= 15 is 0 Å². The van der Waals surface area contributed by atoms with Gasteiger partial charge in [0.1, 0.15) is 10.7 Å². The molecule has 0 saturated carbocycles. The molecule has 1 aromatic carbocycles. The standard InChI is InChI=1S/C18H23N3OS/c1-12-5-7-14(8-6-12)17-13(2)4-3-9-21(17)18(22)15-11-23-16(10-19)20-15/h5-8,11,13,17H,3-4,9-10,19H2,1-2H3. The Kier molecular flexibility index (Phi) is 4.78. The molecule has 2 heterocycles. The van der Waals surface area contributed by atoms with Crippen LogP contribution in [0.15, 0.2) is 29.6 Å². The summed E-state index contributed by atoms with van der Waals surface area (Å²) in [5, 5.41) is 2.64. The van der Waals surface area contributed by atoms with Crippen LogP contribution in [-0.4, -0.2) is 22.3 Å². The van der Waals surface area contributed by atoms with Crippen molar-refractivity contribution in [3.8, 4) is 0 Å². The number of benzene rings is 1. The fourth-order valence-corrected chi connectivity index (χ4v) is 3.99. The maximum absolute atomic E-state index is 13.0. The molecule has 5 heteroatoms. The van der Waals surface area contributed by atoms with Gasteiger partial charge in [0.15, 0.2) is 0 Å². The molecule has 2 N–H and O–H groups in total. The Hall–Kier alpha value is -1.72. The molecule has 1 saturated heterocycles. The number of carbonyl (C=O) groups excluding carboxylic acids is 1. The molecular formula is C18H23N3OS. The summed E-state index contributed by atoms with van der Waals surface area (Å²) in [6.07, 6.45) is 2.19. The van der Waals surface area contributed by atoms with Crippen molar-refractivity contribution in [1.29, 1.82) is 0 Å². The smallest absolute Gasteiger partial charge is 0.273 e. The minimum atomic E-state index is 0.0260. The third-order valence-corrected chi connectivity index (χ3v) is 5.43. The number of aryl methyl sites for hydroxylation is 1. The van der Waals surface area contributed by atoms with E-state index in [9.17, 15) is 4.79 Å². The molecular weight excluding hydrogens is 306 g/mol. The molecule has 2 atom stereocenters. The van der Waals surface area contributed by atoms with Gasteiger partial charge in [-0.3, -0.25) is 4.79 Å². The van der Waals surface area contributed by atoms with Crippen LogP contribution in [0.4, 0.5) is 0 Å². The highest BCUT2D eigenvalue weighted by Gasteiger charge is 2.34. The summed E-state index contributed by atoms with van der Waals surface area (Å²) < 4.78 is 0. The lowest BCUT2D eigenvalue weighted by atomic mass is 9.85. The molecule has 4 nitrogen and oxygen atoms in total. The molecule has 2 aromatic rings. The van der Waals surface area contributed by atoms with Crippen LogP contribution in [0.2, 0.25) is 0 Å². The van der Waals surface area contributed by atoms with Crippen LogP contribution in [0.1, 0.15) is 52.4 Å². The molecule has 3 rings (SSSR count). The van der Waals surface area contributed by atoms with Crippen molar-refractivity contribution in [2.45, 2.75) is 39.3 Å². The lowest BCUT2D eigenvalue weighted by molar-refractivity contribution is 0.0508. The predicted octanol–water partition coefficient (Wildman–Crippen LogP) is 3.52. The summed E-state index contributed by atoms with van der Waals surface area (Å²) in [7, 11) is 0. The Morgan fingerprint density at radius 2 is 2.13 bits per heavy atom. The quantitative estimate of drug-likeness (QED) is 0.937. The van der Waals surface area contributed by atoms with E-state index in [4.69, 9.17) is 5.73 Å². The van der Waals surface area contributed by atoms with E-state index in [0.29, 0.717) is 18.2 Å². The topological polar surface area (TPSA) is 59.2 Å². The first-order valence-corrected chi connectivity index (χ1v) is 9.00. The highest BCUT2D eigenvalue weighted by atomic mass is 32.1. The summed E-state index contributed by atoms with van der Waals surface area (Å²) >= 11 is 1.46. The molecule has 0 spiro atoms. The van der Waals surface area contributed by atoms with E-state index in [1.54, 1.807) is 0 Å². The van der Waals surface area contributed by atoms with Crippen molar-refractivity contribution in [3.63, 3.8) is 0 Å². The molecule has 1 aliphatic rings. The number of carbonyl (C=O) groups is 1. The van der Waals surface area contributed by atoms with Crippen molar-refractivity contribution >= 4 is 17.2 Å². The molecule has 1 aliphatic heterocycles. The number of piperidine rings is 1. The second-order valence-electron chi connectivity index (χ2n) is 6.30. The minimum Gasteiger partial charge on any atom is -0.330 e. The number of likely N-dealkylation sites (tertiary alicyclic amines) is 1. The van der Waals surface area contributed by atoms with Gasteiger partial charge in [0.05, 0.1) is 6.04 Å². The first kappa shape index (κ1) is 16.1. The summed E-state index contributed by atoms with van der Waals surface area (Å²) in [6, 6.07) is 8.66. The molecule has 0 radical (unpaired) electrons. The Labute approximate surface area is 141 Å². The van der Waals surface area contributed by atoms with E-state index in [1.165, 1.54) is 22.5 Å². The average Bonchev–Trinajstić information content (AvgIpc) is 3.04. The van der Waals surface area contributed by atoms with Gasteiger partial charge in [-0.05, 0) is 31.2 Å². The van der Waals surface area contributed by atoms with Gasteiger partial charge >= 0.3 is 0 Å². The maximum atomic E-state index is 13.0. The second kappa shape index (κ2) is 6.81. The average molecular weight is 329 g/mol. The van der Waals surface area contributed by atoms with E-state index in [1.807, 2.05) is 10.3 Å². The van der Waals surface area contributed by atoms with Gasteiger partial charge in [0.25, 0.3) is 5.91 Å². The van der Waals surface area contributed by atoms with Crippen LogP contribution >= 0.6 is 11.3 Å². The maximum Gasteiger partial charge on any atom is 0.273 e. The Bertz CT molecular complexity index is 680. The fraction of sp³-hybridized carbons (Fsp3) is 0.444. The third kappa shape index (κ3) is 3.31. The number of hydrogen-bond acceptors (Lipinski definition) is 4. The minimum absolute atomic E-state index is 0.0260. The summed E-state index contributed by atoms with van der Waals surface area (Å²) in [6.45, 7) is 5.49. The van der Waals surface area contributed by atoms with E-state index in [0.717, 1.165) is 24.4 Å². The molecule has 23 heavy (non-hydrogen) atoms. The molecule has 1 aromatic heterocycles. The van der Waals surface area contributed by atoms with Crippen LogP contribution in [0.25, 0.3) is 0 Å². The predicted molar refractivity (Wildman–Crippen MR) is 93.4 cm³/mol. The normalized spacial score (nSPS) is 21.4. The number of thiazole rings is 1. The van der Waals surface area contributed by atoms with Crippen molar-refractivity contribution in [2.75, 3.05) is 6.54 Å². The Morgan fingerprint density at radius 1 is 1.39 bits per heavy atom. The van der Waals surface area contributed by atoms with Gasteiger partial charge in [-0.15, -0.1) is 11.3 Å². The second-order valence-corrected chi connectivity index (χ2v) is 7.25. The number of nitrogens with zero attached hydrogens (tertiary/aromatic N) is 2. The third-order valence-electron chi connectivity index (χ3n) is 4.56. The zero-order valence-electron chi connectivity index (χ0n) is 13.7. The van der Waals surface area contributed by atoms with Crippen LogP contribution in [0.5, 0.6) is 0 Å². The van der Waals surface area contributed by atoms with Crippen LogP contribution in [-0.2, 0) is 6.54 Å². The summed E-state index contributed by atoms with van der Waals surface area (Å²) in [4.78, 5) is 19.3. The van der Waals surface area contributed by atoms with Gasteiger partial charge in [-0.1, -0.05) is 36.8 Å². The molecule has 1 fully saturated rings. The summed E-state index contributed by atoms with van der Waals surface area (Å²) in [5.41, 5.74) is 8.60. The van der Waals surface area contributed by atoms with Gasteiger partial charge < -0.3 is 10.6 Å². The molecule has 1 amide bonds. The first-order valence-electron chi connectivity index (χ1n) is 8.12. The van der Waals surface area contributed by atoms with Crippen LogP contribution < -0.4 is 5.73 Å². The van der Waals surface area contributed by atoms with Crippen molar-refractivity contribution in [1.82, 2.24) is 9.88 Å². The monoisotopic (exact) mass is 329 g/mol. The summed E-state index contributed by atoms with van der Waals surface area (Å²) in [5.74, 6) is 0.473. The lowest BCUT2D eigenvalue weighted by Crippen LogP contribution is -2.42. The Balaban J connectivity index is 1.91. The van der Waals surface area contributed by atoms with Crippen LogP contribution in [0, 0.1) is 12.8 Å². The van der Waals surface area contributed by atoms with Gasteiger partial charge in [-0.25, -0.2) is 4.98 Å². The molecule has 122 valence electrons. The number of hydrogen-bond donors (Lipinski definition) is 1. The van der Waals surface area contributed by atoms with Crippen molar-refractivity contribution in [3.05, 3.63) is 51.5 Å². The zero-order chi connectivity index (χ0) is 16.4. The number of rotatable bonds is 3. The number of nitrogens with two attached hydrogens (primary N) is 1. The molecule has 0 aliphatic carbocycles. The van der Waals surface area contributed by atoms with Crippen molar-refractivity contribution < 1.29 is 4.79 Å². The zero-order valence-corrected chi connectivity index (χ0v) is 14.5. The Morgan fingerprint density at radius 3 is 2.78 bits per heavy atom. The molecule has 2 unspecified atom stereocenters. The largest absolute Gasteiger partial charge is 0.330 e. The highest BCUT2D eigenvalue weighted by molar-refractivity contribution is 7.09. The highest BCUT2D eigenvalue weighted by Crippen LogP contribution is 2.36. The van der Waals surface area contributed by atoms with Gasteiger partial charge in [0.2, 0.25) is 0 Å². The van der Waals surface area contributed by atoms with Gasteiger partial charge in [0, 0.05) is 18.5 Å². The first-order chi connectivity index (χ1) is 11.1. The van der Waals surface area contributed by atoms with E-state index < -0.39 is 0 Å². The number of aromatic nitrogens is 1. The van der Waals surface area contributed by atoms with Gasteiger partial charge in [-0.2, -0.15) is 0 Å². The lowest BCUT2D eigenvalue weighted by Gasteiger charge is -2.40. The van der Waals surface area contributed by atoms with E-state index in [2.05, 4.69) is 43.1 Å². The SMILES string of the molecule is Cc1ccc(C2C(C)CCCN2C(=O)c2csc(CN)n2)cc1. The van der Waals surface area contributed by atoms with Crippen molar-refractivity contribution in [2.24, 2.45) is 11.7 Å². The fourth-order valence-electron chi connectivity index (χ4n) is 3.34. The van der Waals surface area contributed by atoms with Crippen LogP contribution in [0.3, 0.4) is 0 Å².